The molecule has 6 heteroatoms. The average molecular weight is 260 g/mol. The fourth-order valence-corrected chi connectivity index (χ4v) is 2.49. The number of hydroxylamine groups is 1. The molecule has 0 bridgehead atoms. The van der Waals surface area contributed by atoms with Crippen LogP contribution in [0.4, 0.5) is 5.69 Å². The molecule has 1 aromatic rings. The number of aromatic nitrogens is 1. The van der Waals surface area contributed by atoms with E-state index in [1.54, 1.807) is 6.20 Å². The SMILES string of the molecule is Clc1cc(N2CC3CONC3C2)cnc1Cl. The van der Waals surface area contributed by atoms with E-state index in [4.69, 9.17) is 28.0 Å². The molecule has 0 aliphatic carbocycles. The van der Waals surface area contributed by atoms with Crippen molar-refractivity contribution in [2.75, 3.05) is 24.6 Å². The molecule has 0 amide bonds. The van der Waals surface area contributed by atoms with Gasteiger partial charge in [0.05, 0.1) is 29.6 Å². The molecule has 0 saturated carbocycles. The highest BCUT2D eigenvalue weighted by atomic mass is 35.5. The minimum absolute atomic E-state index is 0.353. The molecule has 2 fully saturated rings. The molecule has 3 rings (SSSR count). The molecule has 4 nitrogen and oxygen atoms in total. The smallest absolute Gasteiger partial charge is 0.147 e. The van der Waals surface area contributed by atoms with Crippen molar-refractivity contribution in [2.45, 2.75) is 6.04 Å². The summed E-state index contributed by atoms with van der Waals surface area (Å²) in [5.41, 5.74) is 4.04. The summed E-state index contributed by atoms with van der Waals surface area (Å²) in [5, 5.41) is 0.853. The number of anilines is 1. The third-order valence-corrected chi connectivity index (χ3v) is 3.81. The van der Waals surface area contributed by atoms with Gasteiger partial charge in [0, 0.05) is 19.0 Å². The summed E-state index contributed by atoms with van der Waals surface area (Å²) < 4.78 is 0. The Labute approximate surface area is 103 Å². The van der Waals surface area contributed by atoms with Crippen LogP contribution in [0.1, 0.15) is 0 Å². The molecular formula is C10H11Cl2N3O. The summed E-state index contributed by atoms with van der Waals surface area (Å²) in [7, 11) is 0. The topological polar surface area (TPSA) is 37.4 Å². The van der Waals surface area contributed by atoms with Crippen LogP contribution in [0.2, 0.25) is 10.2 Å². The number of nitrogens with zero attached hydrogens (tertiary/aromatic N) is 2. The minimum atomic E-state index is 0.353. The van der Waals surface area contributed by atoms with Crippen molar-refractivity contribution in [1.82, 2.24) is 10.5 Å². The van der Waals surface area contributed by atoms with Gasteiger partial charge in [0.1, 0.15) is 5.15 Å². The van der Waals surface area contributed by atoms with Crippen molar-refractivity contribution in [3.8, 4) is 0 Å². The van der Waals surface area contributed by atoms with Crippen LogP contribution in [0.25, 0.3) is 0 Å². The summed E-state index contributed by atoms with van der Waals surface area (Å²) in [6.07, 6.45) is 1.76. The Morgan fingerprint density at radius 2 is 2.31 bits per heavy atom. The third kappa shape index (κ3) is 1.76. The molecule has 1 N–H and O–H groups in total. The Balaban J connectivity index is 1.81. The standard InChI is InChI=1S/C10H11Cl2N3O/c11-8-1-7(2-13-10(8)12)15-3-6-5-16-14-9(6)4-15/h1-2,6,9,14H,3-5H2. The molecule has 0 spiro atoms. The fraction of sp³-hybridized carbons (Fsp3) is 0.500. The maximum Gasteiger partial charge on any atom is 0.147 e. The lowest BCUT2D eigenvalue weighted by molar-refractivity contribution is 0.0846. The zero-order valence-corrected chi connectivity index (χ0v) is 10.0. The van der Waals surface area contributed by atoms with Crippen LogP contribution in [0, 0.1) is 5.92 Å². The van der Waals surface area contributed by atoms with Crippen molar-refractivity contribution in [3.05, 3.63) is 22.4 Å². The van der Waals surface area contributed by atoms with E-state index in [1.165, 1.54) is 0 Å². The van der Waals surface area contributed by atoms with Gasteiger partial charge in [-0.05, 0) is 6.07 Å². The van der Waals surface area contributed by atoms with Crippen molar-refractivity contribution in [1.29, 1.82) is 0 Å². The Morgan fingerprint density at radius 1 is 1.44 bits per heavy atom. The predicted octanol–water partition coefficient (Wildman–Crippen LogP) is 1.73. The maximum absolute atomic E-state index is 5.95. The molecule has 2 aliphatic rings. The van der Waals surface area contributed by atoms with Crippen LogP contribution < -0.4 is 10.4 Å². The van der Waals surface area contributed by atoms with E-state index in [0.717, 1.165) is 25.4 Å². The predicted molar refractivity (Wildman–Crippen MR) is 62.8 cm³/mol. The molecular weight excluding hydrogens is 249 g/mol. The first-order valence-electron chi connectivity index (χ1n) is 5.17. The number of fused-ring (bicyclic) bond motifs is 1. The van der Waals surface area contributed by atoms with Crippen molar-refractivity contribution in [3.63, 3.8) is 0 Å². The molecule has 2 saturated heterocycles. The maximum atomic E-state index is 5.95. The number of pyridine rings is 1. The first kappa shape index (κ1) is 10.6. The zero-order valence-electron chi connectivity index (χ0n) is 8.49. The van der Waals surface area contributed by atoms with Crippen LogP contribution in [0.15, 0.2) is 12.3 Å². The quantitative estimate of drug-likeness (QED) is 0.780. The van der Waals surface area contributed by atoms with Crippen LogP contribution in [-0.4, -0.2) is 30.7 Å². The van der Waals surface area contributed by atoms with Gasteiger partial charge in [-0.25, -0.2) is 4.98 Å². The lowest BCUT2D eigenvalue weighted by Gasteiger charge is -2.19. The van der Waals surface area contributed by atoms with E-state index in [0.29, 0.717) is 22.1 Å². The molecule has 2 aliphatic heterocycles. The number of rotatable bonds is 1. The monoisotopic (exact) mass is 259 g/mol. The van der Waals surface area contributed by atoms with Gasteiger partial charge in [-0.1, -0.05) is 23.2 Å². The Kier molecular flexibility index (Phi) is 2.67. The van der Waals surface area contributed by atoms with Crippen LogP contribution in [-0.2, 0) is 4.84 Å². The molecule has 2 atom stereocenters. The van der Waals surface area contributed by atoms with Crippen LogP contribution in [0.3, 0.4) is 0 Å². The van der Waals surface area contributed by atoms with Gasteiger partial charge in [0.25, 0.3) is 0 Å². The van der Waals surface area contributed by atoms with E-state index in [1.807, 2.05) is 6.07 Å². The van der Waals surface area contributed by atoms with Crippen molar-refractivity contribution in [2.24, 2.45) is 5.92 Å². The molecule has 86 valence electrons. The van der Waals surface area contributed by atoms with Gasteiger partial charge in [-0.15, -0.1) is 0 Å². The van der Waals surface area contributed by atoms with Gasteiger partial charge in [-0.3, -0.25) is 0 Å². The number of nitrogens with one attached hydrogen (secondary N) is 1. The second-order valence-electron chi connectivity index (χ2n) is 4.17. The van der Waals surface area contributed by atoms with E-state index < -0.39 is 0 Å². The van der Waals surface area contributed by atoms with Crippen LogP contribution in [0.5, 0.6) is 0 Å². The highest BCUT2D eigenvalue weighted by Crippen LogP contribution is 2.30. The first-order valence-corrected chi connectivity index (χ1v) is 5.93. The summed E-state index contributed by atoms with van der Waals surface area (Å²) >= 11 is 11.7. The van der Waals surface area contributed by atoms with E-state index >= 15 is 0 Å². The minimum Gasteiger partial charge on any atom is -0.368 e. The lowest BCUT2D eigenvalue weighted by atomic mass is 10.1. The van der Waals surface area contributed by atoms with Crippen molar-refractivity contribution >= 4 is 28.9 Å². The second-order valence-corrected chi connectivity index (χ2v) is 4.93. The molecule has 0 aromatic carbocycles. The molecule has 2 unspecified atom stereocenters. The fourth-order valence-electron chi connectivity index (χ4n) is 2.23. The molecule has 3 heterocycles. The Bertz CT molecular complexity index is 403. The molecule has 0 radical (unpaired) electrons. The Hall–Kier alpha value is -0.550. The number of hydrogen-bond donors (Lipinski definition) is 1. The third-order valence-electron chi connectivity index (χ3n) is 3.12. The Morgan fingerprint density at radius 3 is 3.06 bits per heavy atom. The summed E-state index contributed by atoms with van der Waals surface area (Å²) in [4.78, 5) is 11.5. The second kappa shape index (κ2) is 4.04. The van der Waals surface area contributed by atoms with Gasteiger partial charge < -0.3 is 9.74 Å². The lowest BCUT2D eigenvalue weighted by Crippen LogP contribution is -2.29. The van der Waals surface area contributed by atoms with Gasteiger partial charge in [0.2, 0.25) is 0 Å². The number of hydrogen-bond acceptors (Lipinski definition) is 4. The normalized spacial score (nSPS) is 28.5. The first-order chi connectivity index (χ1) is 7.74. The molecule has 1 aromatic heterocycles. The largest absolute Gasteiger partial charge is 0.368 e. The van der Waals surface area contributed by atoms with E-state index in [9.17, 15) is 0 Å². The zero-order chi connectivity index (χ0) is 11.1. The highest BCUT2D eigenvalue weighted by Gasteiger charge is 2.37. The summed E-state index contributed by atoms with van der Waals surface area (Å²) in [6, 6.07) is 2.27. The summed E-state index contributed by atoms with van der Waals surface area (Å²) in [5.74, 6) is 0.550. The van der Waals surface area contributed by atoms with Gasteiger partial charge in [-0.2, -0.15) is 5.48 Å². The van der Waals surface area contributed by atoms with E-state index in [2.05, 4.69) is 15.4 Å². The van der Waals surface area contributed by atoms with E-state index in [-0.39, 0.29) is 0 Å². The van der Waals surface area contributed by atoms with Gasteiger partial charge >= 0.3 is 0 Å². The average Bonchev–Trinajstić information content (AvgIpc) is 2.81. The van der Waals surface area contributed by atoms with Gasteiger partial charge in [0.15, 0.2) is 0 Å². The summed E-state index contributed by atoms with van der Waals surface area (Å²) in [6.45, 7) is 2.66. The highest BCUT2D eigenvalue weighted by molar-refractivity contribution is 6.41. The number of halogens is 2. The van der Waals surface area contributed by atoms with Crippen molar-refractivity contribution < 1.29 is 4.84 Å². The van der Waals surface area contributed by atoms with Crippen LogP contribution >= 0.6 is 23.2 Å². The molecule has 16 heavy (non-hydrogen) atoms.